The average molecular weight is 263 g/mol. The first kappa shape index (κ1) is 13.9. The standard InChI is InChI=1S/C13H21N5O/c1-2-17-5-7-18(8-6-17)10-12-4-3-11(9-15-12)13(19)16-14/h3-4,9H,2,5-8,10,14H2,1H3,(H,16,19). The molecule has 0 saturated carbocycles. The lowest BCUT2D eigenvalue weighted by molar-refractivity contribution is 0.0953. The lowest BCUT2D eigenvalue weighted by atomic mass is 10.2. The van der Waals surface area contributed by atoms with Crippen LogP contribution in [-0.4, -0.2) is 53.4 Å². The van der Waals surface area contributed by atoms with Crippen LogP contribution in [-0.2, 0) is 6.54 Å². The van der Waals surface area contributed by atoms with Crippen LogP contribution >= 0.6 is 0 Å². The first-order chi connectivity index (χ1) is 9.22. The molecular formula is C13H21N5O. The predicted octanol–water partition coefficient (Wildman–Crippen LogP) is -0.177. The molecule has 1 aliphatic heterocycles. The third-order valence-electron chi connectivity index (χ3n) is 3.52. The van der Waals surface area contributed by atoms with E-state index in [9.17, 15) is 4.79 Å². The summed E-state index contributed by atoms with van der Waals surface area (Å²) in [5.41, 5.74) is 3.57. The summed E-state index contributed by atoms with van der Waals surface area (Å²) in [5.74, 6) is 4.77. The Hall–Kier alpha value is -1.50. The second-order valence-electron chi connectivity index (χ2n) is 4.72. The summed E-state index contributed by atoms with van der Waals surface area (Å²) in [5, 5.41) is 0. The van der Waals surface area contributed by atoms with Crippen molar-refractivity contribution in [3.8, 4) is 0 Å². The van der Waals surface area contributed by atoms with Gasteiger partial charge in [0, 0.05) is 38.9 Å². The van der Waals surface area contributed by atoms with Crippen molar-refractivity contribution in [2.24, 2.45) is 5.84 Å². The van der Waals surface area contributed by atoms with E-state index < -0.39 is 0 Å². The highest BCUT2D eigenvalue weighted by atomic mass is 16.2. The lowest BCUT2D eigenvalue weighted by Gasteiger charge is -2.33. The fraction of sp³-hybridized carbons (Fsp3) is 0.538. The molecule has 1 amide bonds. The van der Waals surface area contributed by atoms with E-state index in [2.05, 4.69) is 27.1 Å². The van der Waals surface area contributed by atoms with E-state index in [-0.39, 0.29) is 5.91 Å². The molecule has 0 spiro atoms. The maximum absolute atomic E-state index is 11.3. The molecule has 0 aliphatic carbocycles. The molecule has 0 unspecified atom stereocenters. The molecule has 6 heteroatoms. The zero-order chi connectivity index (χ0) is 13.7. The van der Waals surface area contributed by atoms with Gasteiger partial charge in [-0.05, 0) is 18.7 Å². The molecule has 2 heterocycles. The Kier molecular flexibility index (Phi) is 4.84. The smallest absolute Gasteiger partial charge is 0.266 e. The summed E-state index contributed by atoms with van der Waals surface area (Å²) in [6.45, 7) is 8.52. The third-order valence-corrected chi connectivity index (χ3v) is 3.52. The molecule has 0 atom stereocenters. The minimum atomic E-state index is -0.310. The van der Waals surface area contributed by atoms with Crippen molar-refractivity contribution in [1.29, 1.82) is 0 Å². The van der Waals surface area contributed by atoms with Crippen molar-refractivity contribution in [3.05, 3.63) is 29.6 Å². The molecule has 6 nitrogen and oxygen atoms in total. The van der Waals surface area contributed by atoms with E-state index in [1.807, 2.05) is 6.07 Å². The van der Waals surface area contributed by atoms with Gasteiger partial charge in [-0.15, -0.1) is 0 Å². The van der Waals surface area contributed by atoms with Crippen LogP contribution in [0.1, 0.15) is 23.0 Å². The second-order valence-corrected chi connectivity index (χ2v) is 4.72. The van der Waals surface area contributed by atoms with Gasteiger partial charge in [-0.2, -0.15) is 0 Å². The number of hydrogen-bond acceptors (Lipinski definition) is 5. The Morgan fingerprint density at radius 1 is 1.32 bits per heavy atom. The first-order valence-electron chi connectivity index (χ1n) is 6.63. The SMILES string of the molecule is CCN1CCN(Cc2ccc(C(=O)NN)cn2)CC1. The van der Waals surface area contributed by atoms with Gasteiger partial charge in [0.2, 0.25) is 0 Å². The fourth-order valence-corrected chi connectivity index (χ4v) is 2.23. The minimum Gasteiger partial charge on any atom is -0.301 e. The highest BCUT2D eigenvalue weighted by Crippen LogP contribution is 2.07. The van der Waals surface area contributed by atoms with Crippen molar-refractivity contribution < 1.29 is 4.79 Å². The average Bonchev–Trinajstić information content (AvgIpc) is 2.48. The van der Waals surface area contributed by atoms with Gasteiger partial charge < -0.3 is 4.90 Å². The zero-order valence-corrected chi connectivity index (χ0v) is 11.3. The number of carbonyl (C=O) groups excluding carboxylic acids is 1. The van der Waals surface area contributed by atoms with Gasteiger partial charge in [0.15, 0.2) is 0 Å². The van der Waals surface area contributed by atoms with Gasteiger partial charge in [0.25, 0.3) is 5.91 Å². The number of aromatic nitrogens is 1. The Morgan fingerprint density at radius 2 is 2.00 bits per heavy atom. The van der Waals surface area contributed by atoms with Crippen LogP contribution in [0.4, 0.5) is 0 Å². The molecule has 1 aromatic heterocycles. The first-order valence-corrected chi connectivity index (χ1v) is 6.63. The number of nitrogens with two attached hydrogens (primary N) is 1. The number of likely N-dealkylation sites (N-methyl/N-ethyl adjacent to an activating group) is 1. The van der Waals surface area contributed by atoms with Crippen LogP contribution in [0.5, 0.6) is 0 Å². The Balaban J connectivity index is 1.88. The number of nitrogens with one attached hydrogen (secondary N) is 1. The highest BCUT2D eigenvalue weighted by Gasteiger charge is 2.15. The van der Waals surface area contributed by atoms with Crippen LogP contribution in [0.15, 0.2) is 18.3 Å². The van der Waals surface area contributed by atoms with Crippen LogP contribution < -0.4 is 11.3 Å². The van der Waals surface area contributed by atoms with Crippen LogP contribution in [0.3, 0.4) is 0 Å². The Labute approximate surface area is 113 Å². The summed E-state index contributed by atoms with van der Waals surface area (Å²) in [4.78, 5) is 20.4. The molecule has 1 saturated heterocycles. The second kappa shape index (κ2) is 6.60. The van der Waals surface area contributed by atoms with Crippen molar-refractivity contribution in [2.45, 2.75) is 13.5 Å². The fourth-order valence-electron chi connectivity index (χ4n) is 2.23. The summed E-state index contributed by atoms with van der Waals surface area (Å²) in [6, 6.07) is 3.64. The number of nitrogen functional groups attached to an aromatic ring is 1. The summed E-state index contributed by atoms with van der Waals surface area (Å²) in [7, 11) is 0. The number of piperazine rings is 1. The molecule has 1 fully saturated rings. The van der Waals surface area contributed by atoms with Crippen molar-refractivity contribution in [1.82, 2.24) is 20.2 Å². The van der Waals surface area contributed by atoms with Gasteiger partial charge in [0.1, 0.15) is 0 Å². The minimum absolute atomic E-state index is 0.310. The molecule has 3 N–H and O–H groups in total. The van der Waals surface area contributed by atoms with E-state index in [1.165, 1.54) is 0 Å². The van der Waals surface area contributed by atoms with Crippen molar-refractivity contribution in [3.63, 3.8) is 0 Å². The molecule has 0 radical (unpaired) electrons. The zero-order valence-electron chi connectivity index (χ0n) is 11.3. The van der Waals surface area contributed by atoms with Gasteiger partial charge in [-0.25, -0.2) is 5.84 Å². The Morgan fingerprint density at radius 3 is 2.53 bits per heavy atom. The number of rotatable bonds is 4. The van der Waals surface area contributed by atoms with Crippen LogP contribution in [0, 0.1) is 0 Å². The molecule has 19 heavy (non-hydrogen) atoms. The maximum atomic E-state index is 11.3. The van der Waals surface area contributed by atoms with Gasteiger partial charge in [-0.1, -0.05) is 6.92 Å². The van der Waals surface area contributed by atoms with Crippen LogP contribution in [0.25, 0.3) is 0 Å². The van der Waals surface area contributed by atoms with Crippen molar-refractivity contribution >= 4 is 5.91 Å². The number of carbonyl (C=O) groups is 1. The van der Waals surface area contributed by atoms with Gasteiger partial charge >= 0.3 is 0 Å². The summed E-state index contributed by atoms with van der Waals surface area (Å²) >= 11 is 0. The third kappa shape index (κ3) is 3.73. The predicted molar refractivity (Wildman–Crippen MR) is 73.3 cm³/mol. The summed E-state index contributed by atoms with van der Waals surface area (Å²) in [6.07, 6.45) is 1.57. The number of hydrogen-bond donors (Lipinski definition) is 2. The largest absolute Gasteiger partial charge is 0.301 e. The summed E-state index contributed by atoms with van der Waals surface area (Å²) < 4.78 is 0. The van der Waals surface area contributed by atoms with Gasteiger partial charge in [-0.3, -0.25) is 20.1 Å². The number of nitrogens with zero attached hydrogens (tertiary/aromatic N) is 3. The normalized spacial score (nSPS) is 17.4. The van der Waals surface area contributed by atoms with Crippen LogP contribution in [0.2, 0.25) is 0 Å². The number of amides is 1. The molecule has 2 rings (SSSR count). The van der Waals surface area contributed by atoms with E-state index in [4.69, 9.17) is 5.84 Å². The Bertz CT molecular complexity index is 412. The maximum Gasteiger partial charge on any atom is 0.266 e. The van der Waals surface area contributed by atoms with Gasteiger partial charge in [0.05, 0.1) is 11.3 Å². The van der Waals surface area contributed by atoms with E-state index in [0.29, 0.717) is 5.56 Å². The van der Waals surface area contributed by atoms with E-state index >= 15 is 0 Å². The van der Waals surface area contributed by atoms with E-state index in [1.54, 1.807) is 12.3 Å². The van der Waals surface area contributed by atoms with E-state index in [0.717, 1.165) is 45.0 Å². The quantitative estimate of drug-likeness (QED) is 0.448. The monoisotopic (exact) mass is 263 g/mol. The van der Waals surface area contributed by atoms with Crippen molar-refractivity contribution in [2.75, 3.05) is 32.7 Å². The molecule has 104 valence electrons. The lowest BCUT2D eigenvalue weighted by Crippen LogP contribution is -2.45. The number of pyridine rings is 1. The molecule has 0 aromatic carbocycles. The molecule has 1 aliphatic rings. The highest BCUT2D eigenvalue weighted by molar-refractivity contribution is 5.93. The molecule has 1 aromatic rings. The number of hydrazine groups is 1. The topological polar surface area (TPSA) is 74.5 Å². The molecule has 0 bridgehead atoms. The molecular weight excluding hydrogens is 242 g/mol.